The second-order valence-electron chi connectivity index (χ2n) is 6.05. The summed E-state index contributed by atoms with van der Waals surface area (Å²) in [6, 6.07) is 13.3. The van der Waals surface area contributed by atoms with Gasteiger partial charge in [0.25, 0.3) is 5.56 Å². The van der Waals surface area contributed by atoms with E-state index in [0.717, 1.165) is 28.0 Å². The fourth-order valence-electron chi connectivity index (χ4n) is 2.43. The van der Waals surface area contributed by atoms with Gasteiger partial charge >= 0.3 is 0 Å². The highest BCUT2D eigenvalue weighted by atomic mass is 79.9. The molecule has 0 aliphatic carbocycles. The number of nitrogens with one attached hydrogen (secondary N) is 2. The smallest absolute Gasteiger partial charge is 0.270 e. The maximum absolute atomic E-state index is 12.6. The summed E-state index contributed by atoms with van der Waals surface area (Å²) in [7, 11) is -3.99. The van der Waals surface area contributed by atoms with E-state index in [9.17, 15) is 18.0 Å². The minimum absolute atomic E-state index is 0.00839. The SMILES string of the molecule is Cc1cccc(NC(=O)CSc2ncc(S(=O)(=O)c3ccc(Br)cc3)c(=O)[nH]2)c1. The summed E-state index contributed by atoms with van der Waals surface area (Å²) >= 11 is 4.24. The van der Waals surface area contributed by atoms with E-state index in [1.807, 2.05) is 25.1 Å². The monoisotopic (exact) mass is 493 g/mol. The lowest BCUT2D eigenvalue weighted by molar-refractivity contribution is -0.113. The molecule has 0 saturated carbocycles. The quantitative estimate of drug-likeness (QED) is 0.402. The molecule has 1 amide bonds. The predicted molar refractivity (Wildman–Crippen MR) is 115 cm³/mol. The van der Waals surface area contributed by atoms with E-state index in [-0.39, 0.29) is 21.7 Å². The van der Waals surface area contributed by atoms with Crippen LogP contribution in [0.4, 0.5) is 5.69 Å². The molecule has 7 nitrogen and oxygen atoms in total. The average molecular weight is 494 g/mol. The zero-order valence-electron chi connectivity index (χ0n) is 15.2. The first-order chi connectivity index (χ1) is 13.8. The van der Waals surface area contributed by atoms with Crippen LogP contribution >= 0.6 is 27.7 Å². The Morgan fingerprint density at radius 2 is 1.93 bits per heavy atom. The van der Waals surface area contributed by atoms with Gasteiger partial charge in [-0.3, -0.25) is 9.59 Å². The van der Waals surface area contributed by atoms with E-state index in [1.165, 1.54) is 12.1 Å². The lowest BCUT2D eigenvalue weighted by Crippen LogP contribution is -2.20. The molecule has 29 heavy (non-hydrogen) atoms. The Kier molecular flexibility index (Phi) is 6.56. The second-order valence-corrected chi connectivity index (χ2v) is 9.84. The highest BCUT2D eigenvalue weighted by molar-refractivity contribution is 9.10. The molecule has 0 fully saturated rings. The third kappa shape index (κ3) is 5.34. The Bertz CT molecular complexity index is 1210. The summed E-state index contributed by atoms with van der Waals surface area (Å²) in [5, 5.41) is 2.91. The number of anilines is 1. The summed E-state index contributed by atoms with van der Waals surface area (Å²) in [6.07, 6.45) is 1.01. The first kappa shape index (κ1) is 21.3. The van der Waals surface area contributed by atoms with Crippen LogP contribution in [0.3, 0.4) is 0 Å². The Labute approximate surface area is 180 Å². The molecule has 0 atom stereocenters. The average Bonchev–Trinajstić information content (AvgIpc) is 2.66. The molecular formula is C19H16BrN3O4S2. The molecule has 3 aromatic rings. The molecule has 3 rings (SSSR count). The summed E-state index contributed by atoms with van der Waals surface area (Å²) in [4.78, 5) is 30.3. The number of sulfone groups is 1. The van der Waals surface area contributed by atoms with Gasteiger partial charge in [0.2, 0.25) is 15.7 Å². The maximum atomic E-state index is 12.6. The number of halogens is 1. The minimum Gasteiger partial charge on any atom is -0.325 e. The first-order valence-corrected chi connectivity index (χ1v) is 11.6. The number of benzene rings is 2. The van der Waals surface area contributed by atoms with Crippen LogP contribution in [0.1, 0.15) is 5.56 Å². The Morgan fingerprint density at radius 3 is 2.59 bits per heavy atom. The molecule has 0 saturated heterocycles. The van der Waals surface area contributed by atoms with Gasteiger partial charge in [0.1, 0.15) is 0 Å². The summed E-state index contributed by atoms with van der Waals surface area (Å²) in [5.41, 5.74) is 0.904. The highest BCUT2D eigenvalue weighted by Crippen LogP contribution is 2.21. The predicted octanol–water partition coefficient (Wildman–Crippen LogP) is 3.40. The van der Waals surface area contributed by atoms with Crippen molar-refractivity contribution in [1.82, 2.24) is 9.97 Å². The molecule has 1 aromatic heterocycles. The maximum Gasteiger partial charge on any atom is 0.270 e. The van der Waals surface area contributed by atoms with E-state index in [0.29, 0.717) is 5.69 Å². The zero-order valence-corrected chi connectivity index (χ0v) is 18.4. The number of hydrogen-bond donors (Lipinski definition) is 2. The lowest BCUT2D eigenvalue weighted by atomic mass is 10.2. The third-order valence-corrected chi connectivity index (χ3v) is 6.98. The number of rotatable bonds is 6. The topological polar surface area (TPSA) is 109 Å². The molecule has 0 radical (unpaired) electrons. The highest BCUT2D eigenvalue weighted by Gasteiger charge is 2.22. The molecule has 0 aliphatic heterocycles. The van der Waals surface area contributed by atoms with Crippen molar-refractivity contribution in [3.05, 3.63) is 75.1 Å². The van der Waals surface area contributed by atoms with Crippen molar-refractivity contribution in [3.63, 3.8) is 0 Å². The molecule has 0 aliphatic rings. The first-order valence-electron chi connectivity index (χ1n) is 8.35. The van der Waals surface area contributed by atoms with Gasteiger partial charge in [-0.15, -0.1) is 0 Å². The van der Waals surface area contributed by atoms with Gasteiger partial charge in [0.15, 0.2) is 10.1 Å². The number of carbonyl (C=O) groups excluding carboxylic acids is 1. The summed E-state index contributed by atoms with van der Waals surface area (Å²) in [6.45, 7) is 1.92. The number of amides is 1. The van der Waals surface area contributed by atoms with Crippen molar-refractivity contribution < 1.29 is 13.2 Å². The van der Waals surface area contributed by atoms with Gasteiger partial charge in [-0.2, -0.15) is 0 Å². The number of thioether (sulfide) groups is 1. The van der Waals surface area contributed by atoms with Crippen LogP contribution in [0.15, 0.2) is 78.9 Å². The van der Waals surface area contributed by atoms with Crippen LogP contribution in [-0.4, -0.2) is 30.0 Å². The Morgan fingerprint density at radius 1 is 1.21 bits per heavy atom. The minimum atomic E-state index is -3.99. The molecule has 150 valence electrons. The van der Waals surface area contributed by atoms with Crippen molar-refractivity contribution in [3.8, 4) is 0 Å². The van der Waals surface area contributed by atoms with Crippen molar-refractivity contribution in [2.24, 2.45) is 0 Å². The second kappa shape index (κ2) is 8.93. The van der Waals surface area contributed by atoms with Gasteiger partial charge < -0.3 is 10.3 Å². The largest absolute Gasteiger partial charge is 0.325 e. The normalized spacial score (nSPS) is 11.2. The molecule has 2 aromatic carbocycles. The van der Waals surface area contributed by atoms with Gasteiger partial charge in [-0.1, -0.05) is 39.8 Å². The van der Waals surface area contributed by atoms with E-state index in [4.69, 9.17) is 0 Å². The third-order valence-electron chi connectivity index (χ3n) is 3.80. The van der Waals surface area contributed by atoms with Gasteiger partial charge in [0, 0.05) is 10.2 Å². The van der Waals surface area contributed by atoms with Crippen molar-refractivity contribution >= 4 is 49.1 Å². The van der Waals surface area contributed by atoms with Crippen LogP contribution < -0.4 is 10.9 Å². The molecule has 0 bridgehead atoms. The molecule has 0 unspecified atom stereocenters. The summed E-state index contributed by atoms with van der Waals surface area (Å²) in [5.74, 6) is -0.259. The van der Waals surface area contributed by atoms with Crippen LogP contribution in [-0.2, 0) is 14.6 Å². The molecule has 1 heterocycles. The van der Waals surface area contributed by atoms with E-state index < -0.39 is 20.3 Å². The molecule has 0 spiro atoms. The number of aromatic nitrogens is 2. The van der Waals surface area contributed by atoms with Gasteiger partial charge in [-0.05, 0) is 48.9 Å². The van der Waals surface area contributed by atoms with Crippen LogP contribution in [0.25, 0.3) is 0 Å². The van der Waals surface area contributed by atoms with Crippen molar-refractivity contribution in [2.45, 2.75) is 21.9 Å². The number of nitrogens with zero attached hydrogens (tertiary/aromatic N) is 1. The number of aryl methyl sites for hydroxylation is 1. The zero-order chi connectivity index (χ0) is 21.0. The number of carbonyl (C=O) groups is 1. The van der Waals surface area contributed by atoms with Gasteiger partial charge in [0.05, 0.1) is 16.8 Å². The van der Waals surface area contributed by atoms with E-state index >= 15 is 0 Å². The van der Waals surface area contributed by atoms with Crippen LogP contribution in [0.2, 0.25) is 0 Å². The molecular weight excluding hydrogens is 478 g/mol. The fourth-order valence-corrected chi connectivity index (χ4v) is 4.56. The van der Waals surface area contributed by atoms with Gasteiger partial charge in [-0.25, -0.2) is 13.4 Å². The van der Waals surface area contributed by atoms with Crippen molar-refractivity contribution in [2.75, 3.05) is 11.1 Å². The number of H-pyrrole nitrogens is 1. The number of aromatic amines is 1. The Balaban J connectivity index is 1.70. The Hall–Kier alpha value is -2.43. The molecule has 2 N–H and O–H groups in total. The van der Waals surface area contributed by atoms with Crippen molar-refractivity contribution in [1.29, 1.82) is 0 Å². The van der Waals surface area contributed by atoms with E-state index in [2.05, 4.69) is 31.2 Å². The van der Waals surface area contributed by atoms with Crippen LogP contribution in [0, 0.1) is 6.92 Å². The summed E-state index contributed by atoms with van der Waals surface area (Å²) < 4.78 is 26.0. The van der Waals surface area contributed by atoms with E-state index in [1.54, 1.807) is 18.2 Å². The lowest BCUT2D eigenvalue weighted by Gasteiger charge is -2.07. The standard InChI is InChI=1S/C19H16BrN3O4S2/c1-12-3-2-4-14(9-12)22-17(24)11-28-19-21-10-16(18(25)23-19)29(26,27)15-7-5-13(20)6-8-15/h2-10H,11H2,1H3,(H,22,24)(H,21,23,25). The van der Waals surface area contributed by atoms with Crippen LogP contribution in [0.5, 0.6) is 0 Å². The number of hydrogen-bond acceptors (Lipinski definition) is 6. The fraction of sp³-hybridized carbons (Fsp3) is 0.105. The molecule has 10 heteroatoms.